The largest absolute Gasteiger partial charge is 0.310 e. The van der Waals surface area contributed by atoms with Crippen molar-refractivity contribution in [3.05, 3.63) is 29.8 Å². The van der Waals surface area contributed by atoms with Gasteiger partial charge < -0.3 is 5.32 Å². The molecule has 3 nitrogen and oxygen atoms in total. The molecule has 0 aromatic heterocycles. The molecule has 0 spiro atoms. The summed E-state index contributed by atoms with van der Waals surface area (Å²) in [4.78, 5) is 1.19. The molecule has 0 aliphatic carbocycles. The summed E-state index contributed by atoms with van der Waals surface area (Å²) in [6.45, 7) is 5.33. The minimum atomic E-state index is -2.88. The number of sulfone groups is 1. The van der Waals surface area contributed by atoms with Crippen LogP contribution in [0, 0.1) is 0 Å². The van der Waals surface area contributed by atoms with Crippen molar-refractivity contribution in [2.75, 3.05) is 24.3 Å². The summed E-state index contributed by atoms with van der Waals surface area (Å²) in [6.07, 6.45) is 3.43. The van der Waals surface area contributed by atoms with E-state index in [1.807, 2.05) is 12.1 Å². The third kappa shape index (κ3) is 6.29. The molecule has 1 aromatic rings. The number of hydrogen-bond donors (Lipinski definition) is 1. The minimum absolute atomic E-state index is 0.227. The first-order valence-electron chi connectivity index (χ1n) is 7.10. The second kappa shape index (κ2) is 8.70. The van der Waals surface area contributed by atoms with Crippen LogP contribution >= 0.6 is 11.8 Å². The molecule has 1 N–H and O–H groups in total. The van der Waals surface area contributed by atoms with E-state index in [2.05, 4.69) is 31.3 Å². The molecule has 20 heavy (non-hydrogen) atoms. The van der Waals surface area contributed by atoms with Gasteiger partial charge in [-0.25, -0.2) is 8.42 Å². The molecule has 0 saturated carbocycles. The monoisotopic (exact) mass is 315 g/mol. The number of hydrogen-bond acceptors (Lipinski definition) is 4. The molecule has 1 aromatic carbocycles. The summed E-state index contributed by atoms with van der Waals surface area (Å²) in [5.74, 6) is 0.839. The van der Waals surface area contributed by atoms with Crippen molar-refractivity contribution in [2.45, 2.75) is 37.6 Å². The first-order chi connectivity index (χ1) is 9.48. The molecular weight excluding hydrogens is 290 g/mol. The third-order valence-electron chi connectivity index (χ3n) is 3.06. The average Bonchev–Trinajstić information content (AvgIpc) is 2.39. The zero-order valence-corrected chi connectivity index (χ0v) is 14.2. The second-order valence-electron chi connectivity index (χ2n) is 4.93. The summed E-state index contributed by atoms with van der Waals surface area (Å²) in [7, 11) is -2.88. The van der Waals surface area contributed by atoms with E-state index in [9.17, 15) is 8.42 Å². The lowest BCUT2D eigenvalue weighted by molar-refractivity contribution is 0.512. The molecule has 0 amide bonds. The minimum Gasteiger partial charge on any atom is -0.310 e. The predicted molar refractivity (Wildman–Crippen MR) is 88.2 cm³/mol. The van der Waals surface area contributed by atoms with Gasteiger partial charge in [-0.15, -0.1) is 11.8 Å². The van der Waals surface area contributed by atoms with Crippen LogP contribution in [0.25, 0.3) is 0 Å². The van der Waals surface area contributed by atoms with Crippen LogP contribution in [-0.4, -0.2) is 32.7 Å². The van der Waals surface area contributed by atoms with E-state index in [4.69, 9.17) is 0 Å². The molecule has 1 atom stereocenters. The molecule has 0 bridgehead atoms. The zero-order chi connectivity index (χ0) is 15.0. The van der Waals surface area contributed by atoms with E-state index in [0.29, 0.717) is 11.8 Å². The standard InChI is InChI=1S/C15H25NO2S2/c1-4-10-16-14(5-2)13-8-6-7-9-15(13)19-11-12-20(3,17)18/h6-9,14,16H,4-5,10-12H2,1-3H3. The van der Waals surface area contributed by atoms with Crippen molar-refractivity contribution in [1.82, 2.24) is 5.32 Å². The Morgan fingerprint density at radius 2 is 1.95 bits per heavy atom. The second-order valence-corrected chi connectivity index (χ2v) is 8.33. The van der Waals surface area contributed by atoms with E-state index in [-0.39, 0.29) is 5.75 Å². The Bertz CT molecular complexity index is 500. The summed E-state index contributed by atoms with van der Waals surface area (Å²) in [5.41, 5.74) is 1.28. The molecule has 0 radical (unpaired) electrons. The highest BCUT2D eigenvalue weighted by Crippen LogP contribution is 2.29. The van der Waals surface area contributed by atoms with Crippen LogP contribution in [0.2, 0.25) is 0 Å². The lowest BCUT2D eigenvalue weighted by Gasteiger charge is -2.20. The zero-order valence-electron chi connectivity index (χ0n) is 12.6. The van der Waals surface area contributed by atoms with Crippen LogP contribution in [0.1, 0.15) is 38.3 Å². The van der Waals surface area contributed by atoms with Crippen LogP contribution in [0.4, 0.5) is 0 Å². The third-order valence-corrected chi connectivity index (χ3v) is 5.35. The number of nitrogens with one attached hydrogen (secondary N) is 1. The average molecular weight is 316 g/mol. The van der Waals surface area contributed by atoms with Gasteiger partial charge in [0, 0.05) is 22.9 Å². The van der Waals surface area contributed by atoms with Crippen molar-refractivity contribution < 1.29 is 8.42 Å². The fourth-order valence-electron chi connectivity index (χ4n) is 2.00. The molecule has 114 valence electrons. The van der Waals surface area contributed by atoms with E-state index in [1.165, 1.54) is 16.7 Å². The molecule has 1 unspecified atom stereocenters. The van der Waals surface area contributed by atoms with Gasteiger partial charge in [-0.05, 0) is 31.0 Å². The van der Waals surface area contributed by atoms with Gasteiger partial charge in [0.05, 0.1) is 5.75 Å². The van der Waals surface area contributed by atoms with Gasteiger partial charge in [0.2, 0.25) is 0 Å². The van der Waals surface area contributed by atoms with E-state index in [1.54, 1.807) is 11.8 Å². The number of benzene rings is 1. The summed E-state index contributed by atoms with van der Waals surface area (Å²) < 4.78 is 22.4. The predicted octanol–water partition coefficient (Wildman–Crippen LogP) is 3.27. The van der Waals surface area contributed by atoms with Crippen molar-refractivity contribution in [2.24, 2.45) is 0 Å². The molecule has 0 heterocycles. The van der Waals surface area contributed by atoms with Crippen LogP contribution in [-0.2, 0) is 9.84 Å². The van der Waals surface area contributed by atoms with Gasteiger partial charge in [0.25, 0.3) is 0 Å². The van der Waals surface area contributed by atoms with Crippen molar-refractivity contribution in [1.29, 1.82) is 0 Å². The van der Waals surface area contributed by atoms with Crippen LogP contribution in [0.5, 0.6) is 0 Å². The highest BCUT2D eigenvalue weighted by atomic mass is 32.2. The fraction of sp³-hybridized carbons (Fsp3) is 0.600. The lowest BCUT2D eigenvalue weighted by Crippen LogP contribution is -2.22. The van der Waals surface area contributed by atoms with Crippen molar-refractivity contribution in [3.8, 4) is 0 Å². The molecular formula is C15H25NO2S2. The molecule has 5 heteroatoms. The smallest absolute Gasteiger partial charge is 0.148 e. The highest BCUT2D eigenvalue weighted by Gasteiger charge is 2.13. The lowest BCUT2D eigenvalue weighted by atomic mass is 10.0. The molecule has 0 fully saturated rings. The number of rotatable bonds is 9. The summed E-state index contributed by atoms with van der Waals surface area (Å²) >= 11 is 1.63. The highest BCUT2D eigenvalue weighted by molar-refractivity contribution is 8.00. The summed E-state index contributed by atoms with van der Waals surface area (Å²) in [5, 5.41) is 3.55. The normalized spacial score (nSPS) is 13.3. The van der Waals surface area contributed by atoms with Crippen molar-refractivity contribution >= 4 is 21.6 Å². The van der Waals surface area contributed by atoms with E-state index < -0.39 is 9.84 Å². The Kier molecular flexibility index (Phi) is 7.62. The maximum Gasteiger partial charge on any atom is 0.148 e. The van der Waals surface area contributed by atoms with Gasteiger partial charge in [0.1, 0.15) is 9.84 Å². The molecule has 1 rings (SSSR count). The maximum absolute atomic E-state index is 11.2. The first kappa shape index (κ1) is 17.5. The molecule has 0 saturated heterocycles. The van der Waals surface area contributed by atoms with Crippen LogP contribution in [0.3, 0.4) is 0 Å². The topological polar surface area (TPSA) is 46.2 Å². The van der Waals surface area contributed by atoms with Gasteiger partial charge in [-0.1, -0.05) is 32.0 Å². The van der Waals surface area contributed by atoms with Crippen molar-refractivity contribution in [3.63, 3.8) is 0 Å². The van der Waals surface area contributed by atoms with Crippen LogP contribution in [0.15, 0.2) is 29.2 Å². The first-order valence-corrected chi connectivity index (χ1v) is 10.1. The van der Waals surface area contributed by atoms with E-state index in [0.717, 1.165) is 19.4 Å². The van der Waals surface area contributed by atoms with Crippen LogP contribution < -0.4 is 5.32 Å². The fourth-order valence-corrected chi connectivity index (χ4v) is 4.31. The Balaban J connectivity index is 2.75. The molecule has 0 aliphatic rings. The Labute approximate surface area is 127 Å². The van der Waals surface area contributed by atoms with Gasteiger partial charge >= 0.3 is 0 Å². The molecule has 0 aliphatic heterocycles. The Morgan fingerprint density at radius 3 is 2.55 bits per heavy atom. The maximum atomic E-state index is 11.2. The Hall–Kier alpha value is -0.520. The van der Waals surface area contributed by atoms with Gasteiger partial charge in [-0.2, -0.15) is 0 Å². The number of thioether (sulfide) groups is 1. The SMILES string of the molecule is CCCNC(CC)c1ccccc1SCCS(C)(=O)=O. The quantitative estimate of drug-likeness (QED) is 0.710. The Morgan fingerprint density at radius 1 is 1.25 bits per heavy atom. The van der Waals surface area contributed by atoms with E-state index >= 15 is 0 Å². The van der Waals surface area contributed by atoms with Gasteiger partial charge in [0.15, 0.2) is 0 Å². The summed E-state index contributed by atoms with van der Waals surface area (Å²) in [6, 6.07) is 8.63. The van der Waals surface area contributed by atoms with Gasteiger partial charge in [-0.3, -0.25) is 0 Å².